The molecule has 20 heavy (non-hydrogen) atoms. The number of rotatable bonds is 5. The summed E-state index contributed by atoms with van der Waals surface area (Å²) in [7, 11) is 1.41. The van der Waals surface area contributed by atoms with Crippen LogP contribution < -0.4 is 0 Å². The minimum absolute atomic E-state index is 0.227. The molecule has 0 spiro atoms. The predicted molar refractivity (Wildman–Crippen MR) is 78.9 cm³/mol. The van der Waals surface area contributed by atoms with Crippen LogP contribution in [0.4, 0.5) is 0 Å². The summed E-state index contributed by atoms with van der Waals surface area (Å²) in [5.74, 6) is -0.227. The van der Waals surface area contributed by atoms with Crippen LogP contribution in [-0.4, -0.2) is 35.5 Å². The van der Waals surface area contributed by atoms with Crippen molar-refractivity contribution in [2.75, 3.05) is 13.7 Å². The van der Waals surface area contributed by atoms with Gasteiger partial charge in [0, 0.05) is 29.4 Å². The van der Waals surface area contributed by atoms with E-state index in [-0.39, 0.29) is 12.5 Å². The first-order valence-corrected chi connectivity index (χ1v) is 7.46. The van der Waals surface area contributed by atoms with Gasteiger partial charge in [-0.25, -0.2) is 4.98 Å². The molecule has 1 aliphatic rings. The molecule has 4 nitrogen and oxygen atoms in total. The topological polar surface area (TPSA) is 42.4 Å². The largest absolute Gasteiger partial charge is 0.468 e. The van der Waals surface area contributed by atoms with Crippen LogP contribution in [0, 0.1) is 0 Å². The number of carbonyl (C=O) groups is 1. The van der Waals surface area contributed by atoms with Crippen LogP contribution in [0.2, 0.25) is 10.2 Å². The first-order chi connectivity index (χ1) is 9.60. The monoisotopic (exact) mass is 316 g/mol. The molecule has 0 radical (unpaired) electrons. The fourth-order valence-electron chi connectivity index (χ4n) is 2.58. The van der Waals surface area contributed by atoms with Gasteiger partial charge in [-0.2, -0.15) is 0 Å². The van der Waals surface area contributed by atoms with Gasteiger partial charge in [0.05, 0.1) is 13.7 Å². The van der Waals surface area contributed by atoms with Crippen molar-refractivity contribution < 1.29 is 9.53 Å². The van der Waals surface area contributed by atoms with E-state index in [1.54, 1.807) is 12.3 Å². The Morgan fingerprint density at radius 1 is 1.45 bits per heavy atom. The number of ether oxygens (including phenoxy) is 1. The van der Waals surface area contributed by atoms with Crippen LogP contribution in [-0.2, 0) is 16.1 Å². The van der Waals surface area contributed by atoms with E-state index in [0.717, 1.165) is 18.4 Å². The number of carbonyl (C=O) groups excluding carboxylic acids is 1. The Kier molecular flexibility index (Phi) is 5.64. The van der Waals surface area contributed by atoms with E-state index in [2.05, 4.69) is 9.88 Å². The highest BCUT2D eigenvalue weighted by molar-refractivity contribution is 6.34. The van der Waals surface area contributed by atoms with Crippen LogP contribution in [0.3, 0.4) is 0 Å². The van der Waals surface area contributed by atoms with Crippen molar-refractivity contribution in [3.8, 4) is 0 Å². The highest BCUT2D eigenvalue weighted by atomic mass is 35.5. The number of aromatic nitrogens is 1. The van der Waals surface area contributed by atoms with Crippen LogP contribution in [0.5, 0.6) is 0 Å². The number of esters is 1. The summed E-state index contributed by atoms with van der Waals surface area (Å²) in [6, 6.07) is 2.03. The lowest BCUT2D eigenvalue weighted by atomic mass is 10.1. The summed E-state index contributed by atoms with van der Waals surface area (Å²) >= 11 is 12.0. The summed E-state index contributed by atoms with van der Waals surface area (Å²) in [6.45, 7) is 0.864. The lowest BCUT2D eigenvalue weighted by Crippen LogP contribution is -2.37. The number of hydrogen-bond donors (Lipinski definition) is 0. The molecule has 2 rings (SSSR count). The first kappa shape index (κ1) is 15.5. The zero-order chi connectivity index (χ0) is 14.5. The maximum atomic E-state index is 11.6. The number of methoxy groups -OCH3 is 1. The van der Waals surface area contributed by atoms with Crippen LogP contribution in [0.25, 0.3) is 0 Å². The van der Waals surface area contributed by atoms with Crippen molar-refractivity contribution in [1.82, 2.24) is 9.88 Å². The van der Waals surface area contributed by atoms with Gasteiger partial charge in [0.2, 0.25) is 0 Å². The highest BCUT2D eigenvalue weighted by Crippen LogP contribution is 2.27. The Bertz CT molecular complexity index is 476. The first-order valence-electron chi connectivity index (χ1n) is 6.71. The van der Waals surface area contributed by atoms with Crippen molar-refractivity contribution in [1.29, 1.82) is 0 Å². The predicted octanol–water partition coefficient (Wildman–Crippen LogP) is 3.31. The summed E-state index contributed by atoms with van der Waals surface area (Å²) in [6.07, 6.45) is 6.29. The smallest absolute Gasteiger partial charge is 0.319 e. The molecule has 110 valence electrons. The zero-order valence-corrected chi connectivity index (χ0v) is 13.0. The van der Waals surface area contributed by atoms with Gasteiger partial charge in [0.15, 0.2) is 0 Å². The molecule has 1 aliphatic carbocycles. The average Bonchev–Trinajstić information content (AvgIpc) is 2.94. The van der Waals surface area contributed by atoms with Gasteiger partial charge in [-0.15, -0.1) is 0 Å². The third-order valence-electron chi connectivity index (χ3n) is 3.67. The normalized spacial score (nSPS) is 15.8. The molecule has 0 aliphatic heterocycles. The lowest BCUT2D eigenvalue weighted by molar-refractivity contribution is -0.142. The Balaban J connectivity index is 2.11. The van der Waals surface area contributed by atoms with Gasteiger partial charge in [-0.05, 0) is 18.9 Å². The van der Waals surface area contributed by atoms with Crippen molar-refractivity contribution in [3.05, 3.63) is 28.0 Å². The molecule has 1 aromatic rings. The second kappa shape index (κ2) is 7.25. The molecule has 0 saturated heterocycles. The number of hydrogen-bond acceptors (Lipinski definition) is 4. The zero-order valence-electron chi connectivity index (χ0n) is 11.4. The van der Waals surface area contributed by atoms with Crippen molar-refractivity contribution in [2.45, 2.75) is 38.3 Å². The fraction of sp³-hybridized carbons (Fsp3) is 0.571. The number of pyridine rings is 1. The molecule has 1 saturated carbocycles. The maximum Gasteiger partial charge on any atom is 0.319 e. The summed E-state index contributed by atoms with van der Waals surface area (Å²) in [4.78, 5) is 17.8. The lowest BCUT2D eigenvalue weighted by Gasteiger charge is -2.27. The van der Waals surface area contributed by atoms with E-state index in [4.69, 9.17) is 27.9 Å². The molecule has 0 atom stereocenters. The average molecular weight is 317 g/mol. The summed E-state index contributed by atoms with van der Waals surface area (Å²) in [5, 5.41) is 0.956. The van der Waals surface area contributed by atoms with E-state index in [1.807, 2.05) is 0 Å². The Morgan fingerprint density at radius 3 is 2.75 bits per heavy atom. The minimum atomic E-state index is -0.227. The molecule has 1 heterocycles. The van der Waals surface area contributed by atoms with Crippen molar-refractivity contribution >= 4 is 29.2 Å². The molecule has 0 amide bonds. The van der Waals surface area contributed by atoms with E-state index in [9.17, 15) is 4.79 Å². The van der Waals surface area contributed by atoms with Gasteiger partial charge < -0.3 is 4.74 Å². The molecule has 1 aromatic heterocycles. The molecule has 6 heteroatoms. The van der Waals surface area contributed by atoms with Gasteiger partial charge in [0.1, 0.15) is 5.15 Å². The second-order valence-corrected chi connectivity index (χ2v) is 5.81. The van der Waals surface area contributed by atoms with Gasteiger partial charge in [0.25, 0.3) is 0 Å². The van der Waals surface area contributed by atoms with Crippen molar-refractivity contribution in [2.24, 2.45) is 0 Å². The Hall–Kier alpha value is -0.840. The Morgan fingerprint density at radius 2 is 2.15 bits per heavy atom. The maximum absolute atomic E-state index is 11.6. The fourth-order valence-corrected chi connectivity index (χ4v) is 3.01. The van der Waals surface area contributed by atoms with Crippen LogP contribution in [0.1, 0.15) is 31.2 Å². The molecule has 0 unspecified atom stereocenters. The van der Waals surface area contributed by atoms with E-state index in [0.29, 0.717) is 22.8 Å². The van der Waals surface area contributed by atoms with E-state index < -0.39 is 0 Å². The standard InChI is InChI=1S/C14H18Cl2N2O2/c1-20-14(19)9-18(11-4-2-3-5-11)8-10-7-17-13(16)6-12(10)15/h6-7,11H,2-5,8-9H2,1H3. The van der Waals surface area contributed by atoms with Crippen molar-refractivity contribution in [3.63, 3.8) is 0 Å². The highest BCUT2D eigenvalue weighted by Gasteiger charge is 2.25. The van der Waals surface area contributed by atoms with Gasteiger partial charge in [-0.1, -0.05) is 36.0 Å². The number of halogens is 2. The quantitative estimate of drug-likeness (QED) is 0.617. The molecule has 0 bridgehead atoms. The Labute approximate surface area is 129 Å². The molecule has 1 fully saturated rings. The van der Waals surface area contributed by atoms with Crippen LogP contribution >= 0.6 is 23.2 Å². The summed E-state index contributed by atoms with van der Waals surface area (Å²) in [5.41, 5.74) is 0.881. The van der Waals surface area contributed by atoms with Gasteiger partial charge >= 0.3 is 5.97 Å². The van der Waals surface area contributed by atoms with Crippen LogP contribution in [0.15, 0.2) is 12.3 Å². The SMILES string of the molecule is COC(=O)CN(Cc1cnc(Cl)cc1Cl)C1CCCC1. The molecule has 0 aromatic carbocycles. The van der Waals surface area contributed by atoms with Gasteiger partial charge in [-0.3, -0.25) is 9.69 Å². The second-order valence-electron chi connectivity index (χ2n) is 5.02. The van der Waals surface area contributed by atoms with E-state index in [1.165, 1.54) is 20.0 Å². The van der Waals surface area contributed by atoms with E-state index >= 15 is 0 Å². The number of nitrogens with zero attached hydrogens (tertiary/aromatic N) is 2. The minimum Gasteiger partial charge on any atom is -0.468 e. The third-order valence-corrected chi connectivity index (χ3v) is 4.23. The molecule has 0 N–H and O–H groups in total. The molecular formula is C14H18Cl2N2O2. The summed E-state index contributed by atoms with van der Waals surface area (Å²) < 4.78 is 4.78. The molecular weight excluding hydrogens is 299 g/mol. The third kappa shape index (κ3) is 4.08.